The second-order valence-corrected chi connectivity index (χ2v) is 7.51. The van der Waals surface area contributed by atoms with Crippen LogP contribution in [0.3, 0.4) is 0 Å². The van der Waals surface area contributed by atoms with Crippen molar-refractivity contribution in [3.8, 4) is 5.75 Å². The molecule has 2 atom stereocenters. The molecule has 7 nitrogen and oxygen atoms in total. The number of ether oxygens (including phenoxy) is 1. The molecule has 3 heterocycles. The van der Waals surface area contributed by atoms with Gasteiger partial charge < -0.3 is 19.3 Å². The largest absolute Gasteiger partial charge is 0.488 e. The molecule has 1 saturated heterocycles. The van der Waals surface area contributed by atoms with Crippen molar-refractivity contribution in [1.29, 1.82) is 0 Å². The van der Waals surface area contributed by atoms with E-state index in [0.29, 0.717) is 31.6 Å². The molecule has 0 spiro atoms. The van der Waals surface area contributed by atoms with Gasteiger partial charge in [0, 0.05) is 42.6 Å². The number of hydrogen-bond donors (Lipinski definition) is 1. The van der Waals surface area contributed by atoms with Gasteiger partial charge in [-0.3, -0.25) is 9.78 Å². The van der Waals surface area contributed by atoms with E-state index in [2.05, 4.69) is 10.1 Å². The van der Waals surface area contributed by atoms with Gasteiger partial charge in [0.25, 0.3) is 0 Å². The van der Waals surface area contributed by atoms with Crippen LogP contribution in [-0.4, -0.2) is 51.4 Å². The van der Waals surface area contributed by atoms with Gasteiger partial charge in [0.05, 0.1) is 17.8 Å². The number of aryl methyl sites for hydroxylation is 2. The van der Waals surface area contributed by atoms with Gasteiger partial charge in [-0.1, -0.05) is 11.2 Å². The maximum Gasteiger partial charge on any atom is 0.222 e. The van der Waals surface area contributed by atoms with Crippen LogP contribution < -0.4 is 4.74 Å². The minimum Gasteiger partial charge on any atom is -0.488 e. The van der Waals surface area contributed by atoms with Crippen LogP contribution >= 0.6 is 0 Å². The number of carbonyl (C=O) groups is 1. The minimum absolute atomic E-state index is 0.0254. The number of pyridine rings is 1. The average molecular weight is 395 g/mol. The summed E-state index contributed by atoms with van der Waals surface area (Å²) in [6.45, 7) is 4.57. The number of amides is 1. The van der Waals surface area contributed by atoms with E-state index in [9.17, 15) is 9.90 Å². The van der Waals surface area contributed by atoms with Crippen molar-refractivity contribution < 1.29 is 19.2 Å². The monoisotopic (exact) mass is 395 g/mol. The van der Waals surface area contributed by atoms with Crippen LogP contribution in [0.4, 0.5) is 0 Å². The average Bonchev–Trinajstić information content (AvgIpc) is 3.05. The van der Waals surface area contributed by atoms with Crippen molar-refractivity contribution in [2.75, 3.05) is 13.1 Å². The molecule has 29 heavy (non-hydrogen) atoms. The Morgan fingerprint density at radius 1 is 1.34 bits per heavy atom. The van der Waals surface area contributed by atoms with Crippen molar-refractivity contribution in [2.24, 2.45) is 0 Å². The van der Waals surface area contributed by atoms with E-state index in [-0.39, 0.29) is 18.6 Å². The zero-order chi connectivity index (χ0) is 20.4. The number of aliphatic hydroxyl groups excluding tert-OH is 1. The van der Waals surface area contributed by atoms with Gasteiger partial charge in [0.1, 0.15) is 23.7 Å². The van der Waals surface area contributed by atoms with Gasteiger partial charge in [-0.2, -0.15) is 0 Å². The Balaban J connectivity index is 1.33. The Morgan fingerprint density at radius 3 is 2.97 bits per heavy atom. The molecule has 1 fully saturated rings. The van der Waals surface area contributed by atoms with Crippen molar-refractivity contribution in [3.05, 3.63) is 53.5 Å². The van der Waals surface area contributed by atoms with E-state index in [4.69, 9.17) is 9.26 Å². The third-order valence-electron chi connectivity index (χ3n) is 5.51. The first kappa shape index (κ1) is 19.4. The van der Waals surface area contributed by atoms with Gasteiger partial charge in [0.2, 0.25) is 5.91 Å². The summed E-state index contributed by atoms with van der Waals surface area (Å²) in [7, 11) is 0. The minimum atomic E-state index is -0.730. The molecule has 1 aromatic carbocycles. The first-order valence-electron chi connectivity index (χ1n) is 9.90. The summed E-state index contributed by atoms with van der Waals surface area (Å²) >= 11 is 0. The quantitative estimate of drug-likeness (QED) is 0.715. The number of carbonyl (C=O) groups excluding carboxylic acids is 1. The van der Waals surface area contributed by atoms with Crippen molar-refractivity contribution in [1.82, 2.24) is 15.0 Å². The Kier molecular flexibility index (Phi) is 5.49. The number of aromatic nitrogens is 2. The first-order valence-corrected chi connectivity index (χ1v) is 9.90. The molecule has 4 rings (SSSR count). The standard InChI is InChI=1S/C22H25N3O4/c1-14-18(15(2)29-24-14)7-8-22(27)25-11-9-21(20(26)13-25)28-17-6-5-16-4-3-10-23-19(16)12-17/h3-6,10,12,20-21,26H,7-9,11,13H2,1-2H3/t20-,21-/m1/s1. The van der Waals surface area contributed by atoms with E-state index < -0.39 is 6.10 Å². The Morgan fingerprint density at radius 2 is 2.21 bits per heavy atom. The van der Waals surface area contributed by atoms with Gasteiger partial charge in [-0.15, -0.1) is 0 Å². The van der Waals surface area contributed by atoms with E-state index in [0.717, 1.165) is 27.9 Å². The van der Waals surface area contributed by atoms with Crippen molar-refractivity contribution in [3.63, 3.8) is 0 Å². The predicted octanol–water partition coefficient (Wildman–Crippen LogP) is 2.81. The molecule has 1 N–H and O–H groups in total. The zero-order valence-electron chi connectivity index (χ0n) is 16.7. The molecule has 0 saturated carbocycles. The summed E-state index contributed by atoms with van der Waals surface area (Å²) in [5.41, 5.74) is 2.67. The SMILES string of the molecule is Cc1noc(C)c1CCC(=O)N1CC[C@@H](Oc2ccc3cccnc3c2)[C@H](O)C1. The van der Waals surface area contributed by atoms with Crippen LogP contribution in [0, 0.1) is 13.8 Å². The van der Waals surface area contributed by atoms with E-state index in [1.807, 2.05) is 44.2 Å². The number of likely N-dealkylation sites (tertiary alicyclic amines) is 1. The van der Waals surface area contributed by atoms with Gasteiger partial charge in [-0.05, 0) is 38.5 Å². The molecule has 0 radical (unpaired) electrons. The molecule has 1 aliphatic heterocycles. The fourth-order valence-corrected chi connectivity index (χ4v) is 3.82. The first-order chi connectivity index (χ1) is 14.0. The molecule has 1 amide bonds. The summed E-state index contributed by atoms with van der Waals surface area (Å²) in [6.07, 6.45) is 2.22. The van der Waals surface area contributed by atoms with Crippen LogP contribution in [-0.2, 0) is 11.2 Å². The maximum atomic E-state index is 12.6. The highest BCUT2D eigenvalue weighted by Gasteiger charge is 2.31. The third-order valence-corrected chi connectivity index (χ3v) is 5.51. The lowest BCUT2D eigenvalue weighted by molar-refractivity contribution is -0.137. The molecular formula is C22H25N3O4. The van der Waals surface area contributed by atoms with Gasteiger partial charge in [0.15, 0.2) is 0 Å². The van der Waals surface area contributed by atoms with Crippen LogP contribution in [0.5, 0.6) is 5.75 Å². The molecule has 7 heteroatoms. The smallest absolute Gasteiger partial charge is 0.222 e. The molecule has 1 aliphatic rings. The topological polar surface area (TPSA) is 88.7 Å². The number of hydrogen-bond acceptors (Lipinski definition) is 6. The number of aliphatic hydroxyl groups is 1. The molecule has 0 unspecified atom stereocenters. The lowest BCUT2D eigenvalue weighted by Crippen LogP contribution is -2.51. The molecular weight excluding hydrogens is 370 g/mol. The van der Waals surface area contributed by atoms with E-state index in [1.54, 1.807) is 11.1 Å². The second-order valence-electron chi connectivity index (χ2n) is 7.51. The number of rotatable bonds is 5. The predicted molar refractivity (Wildman–Crippen MR) is 108 cm³/mol. The number of nitrogens with zero attached hydrogens (tertiary/aromatic N) is 3. The lowest BCUT2D eigenvalue weighted by atomic mass is 10.0. The fraction of sp³-hybridized carbons (Fsp3) is 0.409. The zero-order valence-corrected chi connectivity index (χ0v) is 16.7. The molecule has 2 aromatic heterocycles. The summed E-state index contributed by atoms with van der Waals surface area (Å²) < 4.78 is 11.2. The van der Waals surface area contributed by atoms with Crippen LogP contribution in [0.2, 0.25) is 0 Å². The summed E-state index contributed by atoms with van der Waals surface area (Å²) in [6, 6.07) is 9.61. The normalized spacial score (nSPS) is 19.5. The maximum absolute atomic E-state index is 12.6. The summed E-state index contributed by atoms with van der Waals surface area (Å²) in [4.78, 5) is 18.6. The van der Waals surface area contributed by atoms with Crippen LogP contribution in [0.25, 0.3) is 10.9 Å². The summed E-state index contributed by atoms with van der Waals surface area (Å²) in [5, 5.41) is 15.5. The molecule has 152 valence electrons. The molecule has 0 bridgehead atoms. The highest BCUT2D eigenvalue weighted by Crippen LogP contribution is 2.24. The van der Waals surface area contributed by atoms with Crippen LogP contribution in [0.1, 0.15) is 29.9 Å². The highest BCUT2D eigenvalue weighted by atomic mass is 16.5. The number of piperidine rings is 1. The summed E-state index contributed by atoms with van der Waals surface area (Å²) in [5.74, 6) is 1.46. The van der Waals surface area contributed by atoms with E-state index in [1.165, 1.54) is 0 Å². The highest BCUT2D eigenvalue weighted by molar-refractivity contribution is 5.79. The third kappa shape index (κ3) is 4.24. The molecule has 3 aromatic rings. The lowest BCUT2D eigenvalue weighted by Gasteiger charge is -2.36. The Labute approximate surface area is 169 Å². The Bertz CT molecular complexity index is 997. The van der Waals surface area contributed by atoms with E-state index >= 15 is 0 Å². The van der Waals surface area contributed by atoms with Gasteiger partial charge in [-0.25, -0.2) is 0 Å². The molecule has 0 aliphatic carbocycles. The van der Waals surface area contributed by atoms with Crippen molar-refractivity contribution >= 4 is 16.8 Å². The van der Waals surface area contributed by atoms with Crippen LogP contribution in [0.15, 0.2) is 41.1 Å². The fourth-order valence-electron chi connectivity index (χ4n) is 3.82. The number of β-amino-alcohol motifs (C(OH)–C–C–N with tert-alkyl or cyclic N) is 1. The number of fused-ring (bicyclic) bond motifs is 1. The number of benzene rings is 1. The van der Waals surface area contributed by atoms with Gasteiger partial charge >= 0.3 is 0 Å². The second kappa shape index (κ2) is 8.21. The Hall–Kier alpha value is -2.93. The van der Waals surface area contributed by atoms with Crippen molar-refractivity contribution in [2.45, 2.75) is 45.3 Å².